The van der Waals surface area contributed by atoms with Gasteiger partial charge in [-0.3, -0.25) is 9.59 Å². The molecule has 0 saturated carbocycles. The Morgan fingerprint density at radius 2 is 2.13 bits per heavy atom. The molecule has 2 heterocycles. The van der Waals surface area contributed by atoms with Crippen molar-refractivity contribution in [3.63, 3.8) is 0 Å². The molecule has 0 saturated heterocycles. The van der Waals surface area contributed by atoms with E-state index in [2.05, 4.69) is 22.3 Å². The molecule has 2 aromatic heterocycles. The van der Waals surface area contributed by atoms with Crippen molar-refractivity contribution in [2.45, 2.75) is 46.2 Å². The quantitative estimate of drug-likeness (QED) is 0.869. The van der Waals surface area contributed by atoms with Crippen molar-refractivity contribution in [2.24, 2.45) is 7.05 Å². The molecule has 0 aliphatic heterocycles. The van der Waals surface area contributed by atoms with Crippen LogP contribution in [-0.2, 0) is 18.4 Å². The van der Waals surface area contributed by atoms with Gasteiger partial charge in [0.1, 0.15) is 12.4 Å². The van der Waals surface area contributed by atoms with Crippen LogP contribution in [0, 0.1) is 13.8 Å². The highest BCUT2D eigenvalue weighted by molar-refractivity contribution is 5.76. The van der Waals surface area contributed by atoms with Crippen LogP contribution in [0.1, 0.15) is 42.9 Å². The van der Waals surface area contributed by atoms with Gasteiger partial charge in [-0.2, -0.15) is 5.10 Å². The van der Waals surface area contributed by atoms with Crippen LogP contribution in [-0.4, -0.2) is 25.2 Å². The van der Waals surface area contributed by atoms with E-state index in [1.54, 1.807) is 6.20 Å². The van der Waals surface area contributed by atoms with Gasteiger partial charge < -0.3 is 9.88 Å². The number of rotatable bonds is 6. The third-order valence-corrected chi connectivity index (χ3v) is 3.81. The zero-order chi connectivity index (χ0) is 17.0. The van der Waals surface area contributed by atoms with Gasteiger partial charge >= 0.3 is 0 Å². The number of hydrogen-bond acceptors (Lipinski definition) is 4. The highest BCUT2D eigenvalue weighted by Crippen LogP contribution is 2.15. The summed E-state index contributed by atoms with van der Waals surface area (Å²) in [6, 6.07) is 1.33. The molecular formula is C16H23N5O2. The predicted molar refractivity (Wildman–Crippen MR) is 87.0 cm³/mol. The Morgan fingerprint density at radius 1 is 1.39 bits per heavy atom. The maximum atomic E-state index is 12.3. The fourth-order valence-electron chi connectivity index (χ4n) is 2.43. The van der Waals surface area contributed by atoms with E-state index in [-0.39, 0.29) is 24.1 Å². The molecule has 0 aromatic carbocycles. The molecule has 7 nitrogen and oxygen atoms in total. The van der Waals surface area contributed by atoms with E-state index in [9.17, 15) is 9.59 Å². The zero-order valence-electron chi connectivity index (χ0n) is 14.0. The summed E-state index contributed by atoms with van der Waals surface area (Å²) in [5.74, 6) is 0.560. The first-order valence-electron chi connectivity index (χ1n) is 7.74. The molecular weight excluding hydrogens is 294 g/mol. The normalized spacial score (nSPS) is 12.2. The molecule has 7 heteroatoms. The van der Waals surface area contributed by atoms with Crippen molar-refractivity contribution in [1.29, 1.82) is 0 Å². The lowest BCUT2D eigenvalue weighted by Crippen LogP contribution is -2.36. The van der Waals surface area contributed by atoms with Crippen molar-refractivity contribution in [2.75, 3.05) is 0 Å². The minimum Gasteiger partial charge on any atom is -0.345 e. The first-order valence-corrected chi connectivity index (χ1v) is 7.74. The number of nitrogens with zero attached hydrogens (tertiary/aromatic N) is 4. The highest BCUT2D eigenvalue weighted by atomic mass is 16.2. The first-order chi connectivity index (χ1) is 10.9. The third kappa shape index (κ3) is 4.06. The molecule has 1 N–H and O–H groups in total. The average Bonchev–Trinajstić information content (AvgIpc) is 2.90. The molecule has 0 radical (unpaired) electrons. The Bertz CT molecular complexity index is 747. The summed E-state index contributed by atoms with van der Waals surface area (Å²) in [6.07, 6.45) is 5.25. The van der Waals surface area contributed by atoms with Gasteiger partial charge in [-0.25, -0.2) is 9.67 Å². The number of aromatic nitrogens is 4. The number of amides is 1. The third-order valence-electron chi connectivity index (χ3n) is 3.81. The van der Waals surface area contributed by atoms with Crippen LogP contribution in [0.5, 0.6) is 0 Å². The molecule has 1 atom stereocenters. The molecule has 2 rings (SSSR count). The smallest absolute Gasteiger partial charge is 0.267 e. The van der Waals surface area contributed by atoms with Crippen molar-refractivity contribution in [1.82, 2.24) is 24.6 Å². The molecule has 0 spiro atoms. The van der Waals surface area contributed by atoms with Crippen LogP contribution >= 0.6 is 0 Å². The fraction of sp³-hybridized carbons (Fsp3) is 0.500. The van der Waals surface area contributed by atoms with E-state index < -0.39 is 0 Å². The van der Waals surface area contributed by atoms with Gasteiger partial charge in [-0.1, -0.05) is 13.3 Å². The topological polar surface area (TPSA) is 81.8 Å². The van der Waals surface area contributed by atoms with Crippen LogP contribution in [0.2, 0.25) is 0 Å². The molecule has 0 bridgehead atoms. The Hall–Kier alpha value is -2.44. The van der Waals surface area contributed by atoms with Crippen LogP contribution in [0.15, 0.2) is 23.3 Å². The van der Waals surface area contributed by atoms with Crippen LogP contribution in [0.4, 0.5) is 0 Å². The van der Waals surface area contributed by atoms with Gasteiger partial charge in [-0.15, -0.1) is 0 Å². The van der Waals surface area contributed by atoms with E-state index in [4.69, 9.17) is 0 Å². The van der Waals surface area contributed by atoms with Crippen molar-refractivity contribution in [3.05, 3.63) is 45.9 Å². The van der Waals surface area contributed by atoms with E-state index in [0.29, 0.717) is 0 Å². The van der Waals surface area contributed by atoms with E-state index >= 15 is 0 Å². The largest absolute Gasteiger partial charge is 0.345 e. The van der Waals surface area contributed by atoms with Gasteiger partial charge in [0.2, 0.25) is 5.91 Å². The number of aryl methyl sites for hydroxylation is 3. The number of nitrogens with one attached hydrogen (secondary N) is 1. The highest BCUT2D eigenvalue weighted by Gasteiger charge is 2.18. The van der Waals surface area contributed by atoms with Gasteiger partial charge in [0, 0.05) is 25.5 Å². The molecule has 2 aromatic rings. The summed E-state index contributed by atoms with van der Waals surface area (Å²) in [6.45, 7) is 5.60. The summed E-state index contributed by atoms with van der Waals surface area (Å²) in [5.41, 5.74) is 1.29. The summed E-state index contributed by atoms with van der Waals surface area (Å²) >= 11 is 0. The molecule has 124 valence electrons. The minimum absolute atomic E-state index is 0.0927. The Labute approximate surface area is 135 Å². The van der Waals surface area contributed by atoms with Gasteiger partial charge in [0.15, 0.2) is 0 Å². The monoisotopic (exact) mass is 317 g/mol. The lowest BCUT2D eigenvalue weighted by atomic mass is 10.1. The van der Waals surface area contributed by atoms with Crippen molar-refractivity contribution < 1.29 is 4.79 Å². The Morgan fingerprint density at radius 3 is 2.74 bits per heavy atom. The fourth-order valence-corrected chi connectivity index (χ4v) is 2.43. The molecule has 0 fully saturated rings. The van der Waals surface area contributed by atoms with Gasteiger partial charge in [-0.05, 0) is 25.8 Å². The standard InChI is InChI=1S/C16H23N5O2/c1-5-6-13(16-17-7-8-20(16)4)18-14(22)10-21-15(23)9-11(2)12(3)19-21/h7-9,13H,5-6,10H2,1-4H3,(H,18,22). The number of carbonyl (C=O) groups is 1. The van der Waals surface area contributed by atoms with Gasteiger partial charge in [0.05, 0.1) is 11.7 Å². The summed E-state index contributed by atoms with van der Waals surface area (Å²) < 4.78 is 3.08. The summed E-state index contributed by atoms with van der Waals surface area (Å²) in [4.78, 5) is 28.5. The Kier molecular flexibility index (Phi) is 5.31. The van der Waals surface area contributed by atoms with Crippen molar-refractivity contribution in [3.8, 4) is 0 Å². The van der Waals surface area contributed by atoms with E-state index in [1.165, 1.54) is 10.7 Å². The number of imidazole rings is 1. The number of carbonyl (C=O) groups excluding carboxylic acids is 1. The van der Waals surface area contributed by atoms with Crippen LogP contribution in [0.25, 0.3) is 0 Å². The Balaban J connectivity index is 2.13. The molecule has 1 amide bonds. The lowest BCUT2D eigenvalue weighted by Gasteiger charge is -2.18. The van der Waals surface area contributed by atoms with Crippen molar-refractivity contribution >= 4 is 5.91 Å². The van der Waals surface area contributed by atoms with Gasteiger partial charge in [0.25, 0.3) is 5.56 Å². The maximum Gasteiger partial charge on any atom is 0.267 e. The van der Waals surface area contributed by atoms with Crippen LogP contribution in [0.3, 0.4) is 0 Å². The average molecular weight is 317 g/mol. The molecule has 23 heavy (non-hydrogen) atoms. The maximum absolute atomic E-state index is 12.3. The zero-order valence-corrected chi connectivity index (χ0v) is 14.0. The van der Waals surface area contributed by atoms with E-state index in [0.717, 1.165) is 29.9 Å². The summed E-state index contributed by atoms with van der Waals surface area (Å²) in [7, 11) is 1.90. The second-order valence-electron chi connectivity index (χ2n) is 5.71. The molecule has 0 aliphatic carbocycles. The molecule has 1 unspecified atom stereocenters. The second kappa shape index (κ2) is 7.21. The number of hydrogen-bond donors (Lipinski definition) is 1. The van der Waals surface area contributed by atoms with E-state index in [1.807, 2.05) is 31.7 Å². The van der Waals surface area contributed by atoms with Crippen LogP contribution < -0.4 is 10.9 Å². The lowest BCUT2D eigenvalue weighted by molar-refractivity contribution is -0.122. The summed E-state index contributed by atoms with van der Waals surface area (Å²) in [5, 5.41) is 7.12. The minimum atomic E-state index is -0.271. The predicted octanol–water partition coefficient (Wildman–Crippen LogP) is 1.25. The molecule has 0 aliphatic rings. The first kappa shape index (κ1) is 16.9. The SMILES string of the molecule is CCCC(NC(=O)Cn1nc(C)c(C)cc1=O)c1nccn1C. The second-order valence-corrected chi connectivity index (χ2v) is 5.71.